The average Bonchev–Trinajstić information content (AvgIpc) is 2.28. The van der Waals surface area contributed by atoms with Gasteiger partial charge in [0.15, 0.2) is 0 Å². The first-order valence-corrected chi connectivity index (χ1v) is 8.10. The third kappa shape index (κ3) is 3.64. The molecule has 3 N–H and O–H groups in total. The third-order valence-electron chi connectivity index (χ3n) is 4.52. The number of rotatable bonds is 4. The maximum absolute atomic E-state index is 12.3. The van der Waals surface area contributed by atoms with E-state index >= 15 is 0 Å². The smallest absolute Gasteiger partial charge is 0.227 e. The highest BCUT2D eigenvalue weighted by Gasteiger charge is 2.41. The molecule has 1 aliphatic carbocycles. The Morgan fingerprint density at radius 1 is 1.17 bits per heavy atom. The molecule has 4 heteroatoms. The normalized spacial score (nSPS) is 25.9. The fraction of sp³-hybridized carbons (Fsp3) is 0.929. The van der Waals surface area contributed by atoms with Crippen LogP contribution >= 0.6 is 11.8 Å². The van der Waals surface area contributed by atoms with Gasteiger partial charge in [0, 0.05) is 16.8 Å². The van der Waals surface area contributed by atoms with Gasteiger partial charge in [-0.25, -0.2) is 0 Å². The van der Waals surface area contributed by atoms with E-state index in [1.54, 1.807) is 0 Å². The Morgan fingerprint density at radius 3 is 2.06 bits per heavy atom. The lowest BCUT2D eigenvalue weighted by Gasteiger charge is -2.39. The van der Waals surface area contributed by atoms with Crippen LogP contribution in [0.2, 0.25) is 0 Å². The van der Waals surface area contributed by atoms with E-state index in [0.717, 1.165) is 18.1 Å². The van der Waals surface area contributed by atoms with Crippen molar-refractivity contribution >= 4 is 17.7 Å². The molecule has 0 radical (unpaired) electrons. The molecule has 1 amide bonds. The molecule has 18 heavy (non-hydrogen) atoms. The Bertz CT molecular complexity index is 289. The van der Waals surface area contributed by atoms with E-state index in [2.05, 4.69) is 11.6 Å². The van der Waals surface area contributed by atoms with Crippen molar-refractivity contribution < 1.29 is 4.79 Å². The van der Waals surface area contributed by atoms with Crippen molar-refractivity contribution in [2.45, 2.75) is 70.2 Å². The van der Waals surface area contributed by atoms with Crippen molar-refractivity contribution in [1.82, 2.24) is 5.32 Å². The number of amides is 1. The van der Waals surface area contributed by atoms with Gasteiger partial charge in [0.25, 0.3) is 0 Å². The third-order valence-corrected chi connectivity index (χ3v) is 5.66. The molecule has 0 aliphatic heterocycles. The van der Waals surface area contributed by atoms with E-state index in [1.165, 1.54) is 12.8 Å². The summed E-state index contributed by atoms with van der Waals surface area (Å²) in [6, 6.07) is 0.336. The first-order valence-electron chi connectivity index (χ1n) is 6.81. The molecule has 1 rings (SSSR count). The van der Waals surface area contributed by atoms with E-state index in [0.29, 0.717) is 6.04 Å². The highest BCUT2D eigenvalue weighted by Crippen LogP contribution is 2.31. The molecular formula is C14H28N2OS. The molecule has 1 aliphatic rings. The van der Waals surface area contributed by atoms with Crippen molar-refractivity contribution in [3.8, 4) is 0 Å². The molecule has 3 nitrogen and oxygen atoms in total. The van der Waals surface area contributed by atoms with Crippen LogP contribution in [0, 0.1) is 5.41 Å². The molecule has 0 spiro atoms. The standard InChI is InChI=1S/C14H28N2OS/c1-13(2,14(3,4)15)12(17)16-10-6-8-11(18-5)9-7-10/h10-11H,6-9,15H2,1-5H3,(H,16,17). The number of carbonyl (C=O) groups excluding carboxylic acids is 1. The number of carbonyl (C=O) groups is 1. The van der Waals surface area contributed by atoms with Crippen LogP contribution in [0.1, 0.15) is 53.4 Å². The number of nitrogens with two attached hydrogens (primary N) is 1. The summed E-state index contributed by atoms with van der Waals surface area (Å²) in [6.07, 6.45) is 6.78. The predicted molar refractivity (Wildman–Crippen MR) is 79.7 cm³/mol. The van der Waals surface area contributed by atoms with E-state index in [-0.39, 0.29) is 5.91 Å². The Hall–Kier alpha value is -0.220. The van der Waals surface area contributed by atoms with Gasteiger partial charge in [0.1, 0.15) is 0 Å². The maximum Gasteiger partial charge on any atom is 0.227 e. The zero-order valence-corrected chi connectivity index (χ0v) is 13.2. The molecule has 0 bridgehead atoms. The van der Waals surface area contributed by atoms with Crippen molar-refractivity contribution in [2.24, 2.45) is 11.1 Å². The number of hydrogen-bond donors (Lipinski definition) is 2. The Morgan fingerprint density at radius 2 is 1.67 bits per heavy atom. The summed E-state index contributed by atoms with van der Waals surface area (Å²) in [5.41, 5.74) is 5.05. The van der Waals surface area contributed by atoms with Gasteiger partial charge in [-0.15, -0.1) is 0 Å². The second kappa shape index (κ2) is 5.83. The fourth-order valence-electron chi connectivity index (χ4n) is 2.10. The zero-order chi connectivity index (χ0) is 14.0. The largest absolute Gasteiger partial charge is 0.353 e. The minimum absolute atomic E-state index is 0.0857. The van der Waals surface area contributed by atoms with Crippen LogP contribution in [0.4, 0.5) is 0 Å². The maximum atomic E-state index is 12.3. The van der Waals surface area contributed by atoms with E-state index < -0.39 is 11.0 Å². The lowest BCUT2D eigenvalue weighted by atomic mass is 9.74. The van der Waals surface area contributed by atoms with Gasteiger partial charge in [0.05, 0.1) is 5.41 Å². The summed E-state index contributed by atoms with van der Waals surface area (Å²) in [5.74, 6) is 0.0857. The molecule has 1 fully saturated rings. The Labute approximate surface area is 116 Å². The zero-order valence-electron chi connectivity index (χ0n) is 12.4. The van der Waals surface area contributed by atoms with Gasteiger partial charge in [-0.3, -0.25) is 4.79 Å². The lowest BCUT2D eigenvalue weighted by molar-refractivity contribution is -0.133. The summed E-state index contributed by atoms with van der Waals surface area (Å²) in [6.45, 7) is 7.68. The van der Waals surface area contributed by atoms with Gasteiger partial charge in [-0.05, 0) is 59.6 Å². The molecule has 1 saturated carbocycles. The lowest BCUT2D eigenvalue weighted by Crippen LogP contribution is -2.57. The van der Waals surface area contributed by atoms with Crippen LogP contribution in [0.3, 0.4) is 0 Å². The van der Waals surface area contributed by atoms with Crippen LogP contribution in [0.25, 0.3) is 0 Å². The first-order chi connectivity index (χ1) is 8.18. The predicted octanol–water partition coefficient (Wildman–Crippen LogP) is 2.54. The van der Waals surface area contributed by atoms with Gasteiger partial charge < -0.3 is 11.1 Å². The number of nitrogens with one attached hydrogen (secondary N) is 1. The van der Waals surface area contributed by atoms with Crippen LogP contribution in [-0.2, 0) is 4.79 Å². The highest BCUT2D eigenvalue weighted by atomic mass is 32.2. The second-order valence-corrected chi connectivity index (χ2v) is 7.67. The van der Waals surface area contributed by atoms with Gasteiger partial charge in [-0.1, -0.05) is 0 Å². The van der Waals surface area contributed by atoms with Crippen LogP contribution < -0.4 is 11.1 Å². The molecule has 0 aromatic carbocycles. The van der Waals surface area contributed by atoms with Crippen LogP contribution in [0.5, 0.6) is 0 Å². The van der Waals surface area contributed by atoms with Crippen LogP contribution in [-0.4, -0.2) is 29.0 Å². The van der Waals surface area contributed by atoms with Gasteiger partial charge >= 0.3 is 0 Å². The van der Waals surface area contributed by atoms with E-state index in [9.17, 15) is 4.79 Å². The minimum Gasteiger partial charge on any atom is -0.353 e. The van der Waals surface area contributed by atoms with Crippen molar-refractivity contribution in [2.75, 3.05) is 6.26 Å². The first kappa shape index (κ1) is 15.8. The molecular weight excluding hydrogens is 244 g/mol. The fourth-order valence-corrected chi connectivity index (χ4v) is 2.84. The summed E-state index contributed by atoms with van der Waals surface area (Å²) < 4.78 is 0. The van der Waals surface area contributed by atoms with Gasteiger partial charge in [-0.2, -0.15) is 11.8 Å². The van der Waals surface area contributed by atoms with Crippen molar-refractivity contribution in [3.63, 3.8) is 0 Å². The average molecular weight is 272 g/mol. The Balaban J connectivity index is 2.51. The van der Waals surface area contributed by atoms with Crippen LogP contribution in [0.15, 0.2) is 0 Å². The second-order valence-electron chi connectivity index (χ2n) is 6.53. The summed E-state index contributed by atoms with van der Waals surface area (Å²) >= 11 is 1.94. The van der Waals surface area contributed by atoms with Crippen molar-refractivity contribution in [3.05, 3.63) is 0 Å². The SMILES string of the molecule is CSC1CCC(NC(=O)C(C)(C)C(C)(C)N)CC1. The molecule has 0 unspecified atom stereocenters. The molecule has 106 valence electrons. The summed E-state index contributed by atoms with van der Waals surface area (Å²) in [4.78, 5) is 12.3. The summed E-state index contributed by atoms with van der Waals surface area (Å²) in [7, 11) is 0. The molecule has 0 saturated heterocycles. The van der Waals surface area contributed by atoms with Gasteiger partial charge in [0.2, 0.25) is 5.91 Å². The van der Waals surface area contributed by atoms with Crippen molar-refractivity contribution in [1.29, 1.82) is 0 Å². The number of hydrogen-bond acceptors (Lipinski definition) is 3. The summed E-state index contributed by atoms with van der Waals surface area (Å²) in [5, 5.41) is 3.96. The van der Waals surface area contributed by atoms with E-state index in [1.807, 2.05) is 39.5 Å². The Kier molecular flexibility index (Phi) is 5.13. The minimum atomic E-state index is -0.538. The molecule has 0 aromatic rings. The highest BCUT2D eigenvalue weighted by molar-refractivity contribution is 7.99. The quantitative estimate of drug-likeness (QED) is 0.827. The molecule has 0 aromatic heterocycles. The van der Waals surface area contributed by atoms with E-state index in [4.69, 9.17) is 5.73 Å². The monoisotopic (exact) mass is 272 g/mol. The number of thioether (sulfide) groups is 1. The topological polar surface area (TPSA) is 55.1 Å². The molecule has 0 heterocycles. The molecule has 0 atom stereocenters.